The van der Waals surface area contributed by atoms with Crippen LogP contribution in [-0.4, -0.2) is 31.3 Å². The van der Waals surface area contributed by atoms with Gasteiger partial charge in [0.25, 0.3) is 0 Å². The molecule has 1 saturated heterocycles. The van der Waals surface area contributed by atoms with E-state index in [1.54, 1.807) is 0 Å². The first-order valence-electron chi connectivity index (χ1n) is 6.04. The lowest BCUT2D eigenvalue weighted by atomic mass is 10.1. The number of pyridine rings is 1. The highest BCUT2D eigenvalue weighted by molar-refractivity contribution is 5.81. The molecule has 0 amide bonds. The van der Waals surface area contributed by atoms with Gasteiger partial charge in [0.1, 0.15) is 5.82 Å². The number of ether oxygens (including phenoxy) is 1. The smallest absolute Gasteiger partial charge is 0.132 e. The van der Waals surface area contributed by atoms with Crippen molar-refractivity contribution < 1.29 is 4.74 Å². The standard InChI is InChI=1S/C14H16N2O/c1-11-10-12-4-2-3-5-13(12)15-14(11)16-6-8-17-9-7-16/h2-5,10H,6-9H2,1H3. The molecule has 88 valence electrons. The van der Waals surface area contributed by atoms with E-state index in [4.69, 9.17) is 9.72 Å². The summed E-state index contributed by atoms with van der Waals surface area (Å²) in [5.74, 6) is 1.10. The van der Waals surface area contributed by atoms with Gasteiger partial charge in [0, 0.05) is 18.5 Å². The first-order chi connectivity index (χ1) is 8.34. The van der Waals surface area contributed by atoms with Gasteiger partial charge in [-0.15, -0.1) is 0 Å². The fourth-order valence-corrected chi connectivity index (χ4v) is 2.31. The van der Waals surface area contributed by atoms with Crippen molar-refractivity contribution in [2.24, 2.45) is 0 Å². The van der Waals surface area contributed by atoms with E-state index in [1.807, 2.05) is 6.07 Å². The van der Waals surface area contributed by atoms with Gasteiger partial charge in [0.2, 0.25) is 0 Å². The summed E-state index contributed by atoms with van der Waals surface area (Å²) in [6.45, 7) is 5.60. The zero-order valence-corrected chi connectivity index (χ0v) is 10.0. The predicted molar refractivity (Wildman–Crippen MR) is 69.5 cm³/mol. The number of hydrogen-bond donors (Lipinski definition) is 0. The molecule has 3 nitrogen and oxygen atoms in total. The van der Waals surface area contributed by atoms with Crippen molar-refractivity contribution in [1.82, 2.24) is 4.98 Å². The van der Waals surface area contributed by atoms with E-state index in [9.17, 15) is 0 Å². The van der Waals surface area contributed by atoms with Crippen LogP contribution in [0.3, 0.4) is 0 Å². The molecule has 0 atom stereocenters. The van der Waals surface area contributed by atoms with Crippen LogP contribution in [-0.2, 0) is 4.74 Å². The number of nitrogens with zero attached hydrogens (tertiary/aromatic N) is 2. The third-order valence-electron chi connectivity index (χ3n) is 3.20. The summed E-state index contributed by atoms with van der Waals surface area (Å²) in [4.78, 5) is 7.08. The number of fused-ring (bicyclic) bond motifs is 1. The fraction of sp³-hybridized carbons (Fsp3) is 0.357. The van der Waals surface area contributed by atoms with Gasteiger partial charge in [-0.2, -0.15) is 0 Å². The van der Waals surface area contributed by atoms with E-state index in [0.29, 0.717) is 0 Å². The molecule has 1 aliphatic rings. The van der Waals surface area contributed by atoms with Crippen molar-refractivity contribution in [2.75, 3.05) is 31.2 Å². The average Bonchev–Trinajstić information content (AvgIpc) is 2.39. The number of aryl methyl sites for hydroxylation is 1. The lowest BCUT2D eigenvalue weighted by Gasteiger charge is -2.29. The molecule has 3 rings (SSSR count). The van der Waals surface area contributed by atoms with Crippen LogP contribution in [0.4, 0.5) is 5.82 Å². The van der Waals surface area contributed by atoms with Crippen molar-refractivity contribution in [3.8, 4) is 0 Å². The van der Waals surface area contributed by atoms with E-state index in [1.165, 1.54) is 10.9 Å². The highest BCUT2D eigenvalue weighted by Crippen LogP contribution is 2.23. The molecule has 2 heterocycles. The third kappa shape index (κ3) is 1.98. The summed E-state index contributed by atoms with van der Waals surface area (Å²) in [6.07, 6.45) is 0. The fourth-order valence-electron chi connectivity index (χ4n) is 2.31. The van der Waals surface area contributed by atoms with Crippen molar-refractivity contribution in [3.63, 3.8) is 0 Å². The van der Waals surface area contributed by atoms with Crippen LogP contribution in [0.15, 0.2) is 30.3 Å². The van der Waals surface area contributed by atoms with Crippen LogP contribution in [0, 0.1) is 6.92 Å². The molecule has 0 saturated carbocycles. The Kier molecular flexibility index (Phi) is 2.69. The summed E-state index contributed by atoms with van der Waals surface area (Å²) in [5, 5.41) is 1.21. The summed E-state index contributed by atoms with van der Waals surface area (Å²) < 4.78 is 5.38. The van der Waals surface area contributed by atoms with Crippen LogP contribution < -0.4 is 4.90 Å². The lowest BCUT2D eigenvalue weighted by molar-refractivity contribution is 0.122. The Labute approximate surface area is 101 Å². The Morgan fingerprint density at radius 2 is 1.94 bits per heavy atom. The molecule has 1 aromatic carbocycles. The van der Waals surface area contributed by atoms with Crippen molar-refractivity contribution in [3.05, 3.63) is 35.9 Å². The molecule has 0 N–H and O–H groups in total. The van der Waals surface area contributed by atoms with Gasteiger partial charge in [-0.25, -0.2) is 4.98 Å². The maximum Gasteiger partial charge on any atom is 0.132 e. The topological polar surface area (TPSA) is 25.4 Å². The van der Waals surface area contributed by atoms with E-state index in [0.717, 1.165) is 37.6 Å². The van der Waals surface area contributed by atoms with E-state index in [2.05, 4.69) is 36.1 Å². The average molecular weight is 228 g/mol. The maximum atomic E-state index is 5.38. The summed E-state index contributed by atoms with van der Waals surface area (Å²) in [6, 6.07) is 10.5. The molecular formula is C14H16N2O. The van der Waals surface area contributed by atoms with E-state index in [-0.39, 0.29) is 0 Å². The minimum absolute atomic E-state index is 0.800. The monoisotopic (exact) mass is 228 g/mol. The highest BCUT2D eigenvalue weighted by atomic mass is 16.5. The second-order valence-corrected chi connectivity index (χ2v) is 4.42. The molecular weight excluding hydrogens is 212 g/mol. The molecule has 1 fully saturated rings. The maximum absolute atomic E-state index is 5.38. The zero-order valence-electron chi connectivity index (χ0n) is 10.0. The first kappa shape index (κ1) is 10.5. The van der Waals surface area contributed by atoms with Gasteiger partial charge in [-0.3, -0.25) is 0 Å². The van der Waals surface area contributed by atoms with E-state index < -0.39 is 0 Å². The van der Waals surface area contributed by atoms with Gasteiger partial charge >= 0.3 is 0 Å². The highest BCUT2D eigenvalue weighted by Gasteiger charge is 2.14. The molecule has 1 aromatic heterocycles. The molecule has 0 unspecified atom stereocenters. The SMILES string of the molecule is Cc1cc2ccccc2nc1N1CCOCC1. The van der Waals surface area contributed by atoms with Crippen molar-refractivity contribution in [1.29, 1.82) is 0 Å². The zero-order chi connectivity index (χ0) is 11.7. The predicted octanol–water partition coefficient (Wildman–Crippen LogP) is 2.38. The second-order valence-electron chi connectivity index (χ2n) is 4.42. The van der Waals surface area contributed by atoms with Gasteiger partial charge in [-0.1, -0.05) is 18.2 Å². The Hall–Kier alpha value is -1.61. The number of aromatic nitrogens is 1. The molecule has 0 spiro atoms. The molecule has 0 bridgehead atoms. The number of para-hydroxylation sites is 1. The van der Waals surface area contributed by atoms with Gasteiger partial charge in [0.15, 0.2) is 0 Å². The van der Waals surface area contributed by atoms with Gasteiger partial charge in [-0.05, 0) is 24.6 Å². The molecule has 0 radical (unpaired) electrons. The Morgan fingerprint density at radius 3 is 2.76 bits per heavy atom. The molecule has 3 heteroatoms. The van der Waals surface area contributed by atoms with Crippen LogP contribution in [0.5, 0.6) is 0 Å². The van der Waals surface area contributed by atoms with Gasteiger partial charge < -0.3 is 9.64 Å². The quantitative estimate of drug-likeness (QED) is 0.749. The largest absolute Gasteiger partial charge is 0.378 e. The number of rotatable bonds is 1. The number of morpholine rings is 1. The summed E-state index contributed by atoms with van der Waals surface area (Å²) in [7, 11) is 0. The first-order valence-corrected chi connectivity index (χ1v) is 6.04. The van der Waals surface area contributed by atoms with Crippen molar-refractivity contribution in [2.45, 2.75) is 6.92 Å². The Balaban J connectivity index is 2.06. The normalized spacial score (nSPS) is 16.4. The van der Waals surface area contributed by atoms with E-state index >= 15 is 0 Å². The number of benzene rings is 1. The van der Waals surface area contributed by atoms with Crippen LogP contribution in [0.1, 0.15) is 5.56 Å². The Morgan fingerprint density at radius 1 is 1.18 bits per heavy atom. The number of anilines is 1. The van der Waals surface area contributed by atoms with Crippen LogP contribution in [0.25, 0.3) is 10.9 Å². The molecule has 1 aliphatic heterocycles. The second kappa shape index (κ2) is 4.34. The molecule has 0 aliphatic carbocycles. The lowest BCUT2D eigenvalue weighted by Crippen LogP contribution is -2.37. The van der Waals surface area contributed by atoms with Crippen molar-refractivity contribution >= 4 is 16.7 Å². The third-order valence-corrected chi connectivity index (χ3v) is 3.20. The number of hydrogen-bond acceptors (Lipinski definition) is 3. The molecule has 2 aromatic rings. The molecule has 17 heavy (non-hydrogen) atoms. The Bertz CT molecular complexity index is 533. The minimum atomic E-state index is 0.800. The minimum Gasteiger partial charge on any atom is -0.378 e. The summed E-state index contributed by atoms with van der Waals surface area (Å²) >= 11 is 0. The van der Waals surface area contributed by atoms with Crippen LogP contribution in [0.2, 0.25) is 0 Å². The van der Waals surface area contributed by atoms with Crippen LogP contribution >= 0.6 is 0 Å². The van der Waals surface area contributed by atoms with Gasteiger partial charge in [0.05, 0.1) is 18.7 Å². The summed E-state index contributed by atoms with van der Waals surface area (Å²) in [5.41, 5.74) is 2.31.